The van der Waals surface area contributed by atoms with E-state index in [1.807, 2.05) is 13.8 Å². The first-order valence-corrected chi connectivity index (χ1v) is 5.11. The molecular weight excluding hydrogens is 190 g/mol. The highest BCUT2D eigenvalue weighted by Gasteiger charge is 2.14. The Kier molecular flexibility index (Phi) is 3.45. The van der Waals surface area contributed by atoms with Crippen molar-refractivity contribution in [2.75, 3.05) is 0 Å². The predicted octanol–water partition coefficient (Wildman–Crippen LogP) is 2.60. The molecule has 0 aliphatic rings. The van der Waals surface area contributed by atoms with Gasteiger partial charge >= 0.3 is 5.97 Å². The molecular formula is C12H17NO2. The summed E-state index contributed by atoms with van der Waals surface area (Å²) in [7, 11) is 0. The van der Waals surface area contributed by atoms with Gasteiger partial charge in [-0.25, -0.2) is 4.79 Å². The van der Waals surface area contributed by atoms with E-state index in [1.54, 1.807) is 0 Å². The number of carboxylic acid groups (broad SMARTS) is 1. The van der Waals surface area contributed by atoms with E-state index in [0.717, 1.165) is 23.2 Å². The fourth-order valence-corrected chi connectivity index (χ4v) is 1.69. The van der Waals surface area contributed by atoms with Crippen LogP contribution in [0.1, 0.15) is 41.0 Å². The molecule has 0 unspecified atom stereocenters. The average molecular weight is 207 g/mol. The average Bonchev–Trinajstić information content (AvgIpc) is 2.11. The quantitative estimate of drug-likeness (QED) is 0.828. The lowest BCUT2D eigenvalue weighted by molar-refractivity contribution is 0.0695. The Labute approximate surface area is 90.2 Å². The van der Waals surface area contributed by atoms with E-state index in [-0.39, 0.29) is 0 Å². The van der Waals surface area contributed by atoms with Crippen LogP contribution in [-0.4, -0.2) is 16.1 Å². The van der Waals surface area contributed by atoms with Gasteiger partial charge in [-0.2, -0.15) is 0 Å². The standard InChI is InChI=1S/C12H17NO2/c1-7(2)5-10-8(3)11(12(14)15)6-13-9(10)4/h6-7H,5H2,1-4H3,(H,14,15). The fraction of sp³-hybridized carbons (Fsp3) is 0.500. The third-order valence-corrected chi connectivity index (χ3v) is 2.52. The molecule has 3 heteroatoms. The van der Waals surface area contributed by atoms with Crippen LogP contribution in [0.15, 0.2) is 6.20 Å². The maximum Gasteiger partial charge on any atom is 0.337 e. The molecule has 1 aromatic rings. The Morgan fingerprint density at radius 3 is 2.53 bits per heavy atom. The fourth-order valence-electron chi connectivity index (χ4n) is 1.69. The van der Waals surface area contributed by atoms with Crippen molar-refractivity contribution in [2.24, 2.45) is 5.92 Å². The molecule has 0 aliphatic carbocycles. The number of aryl methyl sites for hydroxylation is 1. The molecule has 3 nitrogen and oxygen atoms in total. The van der Waals surface area contributed by atoms with Gasteiger partial charge in [-0.1, -0.05) is 13.8 Å². The highest BCUT2D eigenvalue weighted by Crippen LogP contribution is 2.19. The van der Waals surface area contributed by atoms with Gasteiger partial charge in [0.2, 0.25) is 0 Å². The van der Waals surface area contributed by atoms with Gasteiger partial charge in [0.1, 0.15) is 0 Å². The Bertz CT molecular complexity index is 383. The van der Waals surface area contributed by atoms with Crippen molar-refractivity contribution in [1.29, 1.82) is 0 Å². The summed E-state index contributed by atoms with van der Waals surface area (Å²) in [6.07, 6.45) is 2.32. The number of hydrogen-bond donors (Lipinski definition) is 1. The van der Waals surface area contributed by atoms with Crippen molar-refractivity contribution in [3.63, 3.8) is 0 Å². The molecule has 0 atom stereocenters. The maximum absolute atomic E-state index is 10.9. The number of carbonyl (C=O) groups is 1. The van der Waals surface area contributed by atoms with E-state index >= 15 is 0 Å². The van der Waals surface area contributed by atoms with E-state index in [2.05, 4.69) is 18.8 Å². The molecule has 0 aromatic carbocycles. The second kappa shape index (κ2) is 4.43. The van der Waals surface area contributed by atoms with Gasteiger partial charge in [0.25, 0.3) is 0 Å². The van der Waals surface area contributed by atoms with E-state index < -0.39 is 5.97 Å². The summed E-state index contributed by atoms with van der Waals surface area (Å²) in [5.41, 5.74) is 3.18. The number of aromatic carboxylic acids is 1. The molecule has 1 aromatic heterocycles. The molecule has 0 fully saturated rings. The SMILES string of the molecule is Cc1ncc(C(=O)O)c(C)c1CC(C)C. The maximum atomic E-state index is 10.9. The number of nitrogens with zero attached hydrogens (tertiary/aromatic N) is 1. The monoisotopic (exact) mass is 207 g/mol. The van der Waals surface area contributed by atoms with Crippen LogP contribution >= 0.6 is 0 Å². The smallest absolute Gasteiger partial charge is 0.337 e. The molecule has 82 valence electrons. The van der Waals surface area contributed by atoms with Gasteiger partial charge in [0, 0.05) is 11.9 Å². The van der Waals surface area contributed by atoms with E-state index in [0.29, 0.717) is 11.5 Å². The van der Waals surface area contributed by atoms with Crippen LogP contribution in [0, 0.1) is 19.8 Å². The first kappa shape index (κ1) is 11.7. The van der Waals surface area contributed by atoms with Gasteiger partial charge < -0.3 is 5.11 Å². The molecule has 1 heterocycles. The number of pyridine rings is 1. The molecule has 1 N–H and O–H groups in total. The molecule has 1 rings (SSSR count). The van der Waals surface area contributed by atoms with E-state index in [4.69, 9.17) is 5.11 Å². The molecule has 15 heavy (non-hydrogen) atoms. The van der Waals surface area contributed by atoms with Crippen molar-refractivity contribution in [2.45, 2.75) is 34.1 Å². The van der Waals surface area contributed by atoms with Crippen LogP contribution in [0.5, 0.6) is 0 Å². The van der Waals surface area contributed by atoms with Gasteiger partial charge in [0.15, 0.2) is 0 Å². The van der Waals surface area contributed by atoms with E-state index in [9.17, 15) is 4.79 Å². The van der Waals surface area contributed by atoms with Crippen LogP contribution in [0.4, 0.5) is 0 Å². The third-order valence-electron chi connectivity index (χ3n) is 2.52. The summed E-state index contributed by atoms with van der Waals surface area (Å²) < 4.78 is 0. The Hall–Kier alpha value is -1.38. The molecule has 0 aliphatic heterocycles. The van der Waals surface area contributed by atoms with Gasteiger partial charge in [0.05, 0.1) is 5.56 Å². The molecule has 0 amide bonds. The minimum Gasteiger partial charge on any atom is -0.478 e. The lowest BCUT2D eigenvalue weighted by atomic mass is 9.95. The van der Waals surface area contributed by atoms with Crippen molar-refractivity contribution in [1.82, 2.24) is 4.98 Å². The zero-order valence-corrected chi connectivity index (χ0v) is 9.66. The van der Waals surface area contributed by atoms with E-state index in [1.165, 1.54) is 6.20 Å². The van der Waals surface area contributed by atoms with Crippen LogP contribution in [-0.2, 0) is 6.42 Å². The topological polar surface area (TPSA) is 50.2 Å². The normalized spacial score (nSPS) is 10.7. The molecule has 0 saturated carbocycles. The summed E-state index contributed by atoms with van der Waals surface area (Å²) in [6.45, 7) is 8.02. The lowest BCUT2D eigenvalue weighted by Crippen LogP contribution is -2.08. The third kappa shape index (κ3) is 2.55. The predicted molar refractivity (Wildman–Crippen MR) is 59.2 cm³/mol. The minimum atomic E-state index is -0.898. The first-order valence-electron chi connectivity index (χ1n) is 5.11. The van der Waals surface area contributed by atoms with Crippen molar-refractivity contribution in [3.05, 3.63) is 28.6 Å². The van der Waals surface area contributed by atoms with Crippen LogP contribution in [0.25, 0.3) is 0 Å². The summed E-state index contributed by atoms with van der Waals surface area (Å²) in [6, 6.07) is 0. The van der Waals surface area contributed by atoms with Crippen LogP contribution in [0.2, 0.25) is 0 Å². The molecule has 0 spiro atoms. The second-order valence-electron chi connectivity index (χ2n) is 4.26. The molecule has 0 saturated heterocycles. The van der Waals surface area contributed by atoms with Crippen molar-refractivity contribution < 1.29 is 9.90 Å². The highest BCUT2D eigenvalue weighted by atomic mass is 16.4. The number of aromatic nitrogens is 1. The lowest BCUT2D eigenvalue weighted by Gasteiger charge is -2.13. The first-order chi connectivity index (χ1) is 6.93. The summed E-state index contributed by atoms with van der Waals surface area (Å²) in [5.74, 6) is -0.391. The largest absolute Gasteiger partial charge is 0.478 e. The Morgan fingerprint density at radius 2 is 2.07 bits per heavy atom. The Morgan fingerprint density at radius 1 is 1.47 bits per heavy atom. The number of rotatable bonds is 3. The Balaban J connectivity index is 3.24. The molecule has 0 radical (unpaired) electrons. The summed E-state index contributed by atoms with van der Waals surface area (Å²) >= 11 is 0. The summed E-state index contributed by atoms with van der Waals surface area (Å²) in [4.78, 5) is 15.1. The van der Waals surface area contributed by atoms with Crippen molar-refractivity contribution >= 4 is 5.97 Å². The number of carboxylic acids is 1. The summed E-state index contributed by atoms with van der Waals surface area (Å²) in [5, 5.41) is 8.98. The zero-order chi connectivity index (χ0) is 11.6. The number of hydrogen-bond acceptors (Lipinski definition) is 2. The van der Waals surface area contributed by atoms with Gasteiger partial charge in [-0.3, -0.25) is 4.98 Å². The highest BCUT2D eigenvalue weighted by molar-refractivity contribution is 5.89. The van der Waals surface area contributed by atoms with Gasteiger partial charge in [-0.05, 0) is 37.3 Å². The molecule has 0 bridgehead atoms. The zero-order valence-electron chi connectivity index (χ0n) is 9.66. The van der Waals surface area contributed by atoms with Crippen LogP contribution < -0.4 is 0 Å². The van der Waals surface area contributed by atoms with Crippen LogP contribution in [0.3, 0.4) is 0 Å². The van der Waals surface area contributed by atoms with Gasteiger partial charge in [-0.15, -0.1) is 0 Å². The van der Waals surface area contributed by atoms with Crippen molar-refractivity contribution in [3.8, 4) is 0 Å². The minimum absolute atomic E-state index is 0.316. The second-order valence-corrected chi connectivity index (χ2v) is 4.26.